The van der Waals surface area contributed by atoms with Crippen LogP contribution in [0.3, 0.4) is 0 Å². The fraction of sp³-hybridized carbons (Fsp3) is 0.0500. The maximum absolute atomic E-state index is 13.7. The Morgan fingerprint density at radius 1 is 1.11 bits per heavy atom. The second kappa shape index (κ2) is 7.32. The third kappa shape index (κ3) is 3.41. The first kappa shape index (κ1) is 18.0. The Bertz CT molecular complexity index is 1120. The second-order valence-electron chi connectivity index (χ2n) is 6.00. The summed E-state index contributed by atoms with van der Waals surface area (Å²) in [6, 6.07) is 12.5. The summed E-state index contributed by atoms with van der Waals surface area (Å²) >= 11 is 1.60. The van der Waals surface area contributed by atoms with Gasteiger partial charge >= 0.3 is 0 Å². The van der Waals surface area contributed by atoms with Crippen molar-refractivity contribution in [3.05, 3.63) is 77.3 Å². The number of pyridine rings is 1. The van der Waals surface area contributed by atoms with Crippen molar-refractivity contribution in [3.8, 4) is 21.8 Å². The minimum atomic E-state index is -0.926. The number of rotatable bonds is 4. The van der Waals surface area contributed by atoms with Crippen LogP contribution in [0.2, 0.25) is 0 Å². The molecule has 0 fully saturated rings. The zero-order valence-corrected chi connectivity index (χ0v) is 15.5. The van der Waals surface area contributed by atoms with Gasteiger partial charge in [-0.1, -0.05) is 12.1 Å². The Morgan fingerprint density at radius 2 is 1.89 bits per heavy atom. The van der Waals surface area contributed by atoms with Crippen molar-refractivity contribution in [2.45, 2.75) is 0 Å². The van der Waals surface area contributed by atoms with Gasteiger partial charge in [-0.2, -0.15) is 5.10 Å². The second-order valence-corrected chi connectivity index (χ2v) is 6.95. The lowest BCUT2D eigenvalue weighted by atomic mass is 10.1. The van der Waals surface area contributed by atoms with Crippen molar-refractivity contribution in [1.82, 2.24) is 14.8 Å². The SMILES string of the molecule is Cn1nc(-c2cccs2)cc1-c1ccc(NC(=O)c2c(F)cccc2F)nc1. The number of aryl methyl sites for hydroxylation is 1. The molecule has 3 heterocycles. The number of halogens is 2. The van der Waals surface area contributed by atoms with Gasteiger partial charge in [0.25, 0.3) is 5.91 Å². The first-order valence-corrected chi connectivity index (χ1v) is 9.20. The van der Waals surface area contributed by atoms with Crippen molar-refractivity contribution in [3.63, 3.8) is 0 Å². The number of hydrogen-bond acceptors (Lipinski definition) is 4. The fourth-order valence-electron chi connectivity index (χ4n) is 2.80. The van der Waals surface area contributed by atoms with E-state index < -0.39 is 23.1 Å². The number of carbonyl (C=O) groups is 1. The van der Waals surface area contributed by atoms with Crippen LogP contribution in [-0.2, 0) is 7.05 Å². The van der Waals surface area contributed by atoms with Gasteiger partial charge in [0.15, 0.2) is 0 Å². The molecule has 140 valence electrons. The third-order valence-corrected chi connectivity index (χ3v) is 5.04. The Kier molecular flexibility index (Phi) is 4.70. The number of benzene rings is 1. The Labute approximate surface area is 163 Å². The van der Waals surface area contributed by atoms with E-state index in [4.69, 9.17) is 0 Å². The summed E-state index contributed by atoms with van der Waals surface area (Å²) in [6.45, 7) is 0. The van der Waals surface area contributed by atoms with E-state index in [-0.39, 0.29) is 5.82 Å². The van der Waals surface area contributed by atoms with Crippen LogP contribution in [0.4, 0.5) is 14.6 Å². The smallest absolute Gasteiger partial charge is 0.262 e. The van der Waals surface area contributed by atoms with E-state index in [1.807, 2.05) is 30.6 Å². The van der Waals surface area contributed by atoms with Gasteiger partial charge < -0.3 is 5.32 Å². The van der Waals surface area contributed by atoms with E-state index in [0.717, 1.165) is 34.0 Å². The van der Waals surface area contributed by atoms with Crippen LogP contribution < -0.4 is 5.32 Å². The minimum absolute atomic E-state index is 0.192. The van der Waals surface area contributed by atoms with Crippen molar-refractivity contribution in [1.29, 1.82) is 0 Å². The van der Waals surface area contributed by atoms with E-state index in [2.05, 4.69) is 15.4 Å². The highest BCUT2D eigenvalue weighted by molar-refractivity contribution is 7.13. The molecule has 0 saturated heterocycles. The molecule has 0 atom stereocenters. The lowest BCUT2D eigenvalue weighted by molar-refractivity contribution is 0.101. The van der Waals surface area contributed by atoms with E-state index >= 15 is 0 Å². The highest BCUT2D eigenvalue weighted by Gasteiger charge is 2.17. The first-order chi connectivity index (χ1) is 13.5. The molecule has 28 heavy (non-hydrogen) atoms. The van der Waals surface area contributed by atoms with E-state index in [1.165, 1.54) is 6.07 Å². The number of aromatic nitrogens is 3. The first-order valence-electron chi connectivity index (χ1n) is 8.32. The van der Waals surface area contributed by atoms with Crippen LogP contribution >= 0.6 is 11.3 Å². The number of thiophene rings is 1. The summed E-state index contributed by atoms with van der Waals surface area (Å²) in [5.41, 5.74) is 1.88. The number of hydrogen-bond donors (Lipinski definition) is 1. The number of carbonyl (C=O) groups excluding carboxylic acids is 1. The predicted octanol–water partition coefficient (Wildman–Crippen LogP) is 4.74. The number of anilines is 1. The lowest BCUT2D eigenvalue weighted by Gasteiger charge is -2.07. The normalized spacial score (nSPS) is 10.8. The molecule has 0 aliphatic carbocycles. The van der Waals surface area contributed by atoms with Gasteiger partial charge in [0.2, 0.25) is 0 Å². The average molecular weight is 396 g/mol. The molecule has 0 radical (unpaired) electrons. The standard InChI is InChI=1S/C20H14F2N4OS/c1-26-16(10-15(25-26)17-6-3-9-28-17)12-7-8-18(23-11-12)24-20(27)19-13(21)4-2-5-14(19)22/h2-11H,1H3,(H,23,24,27). The maximum Gasteiger partial charge on any atom is 0.262 e. The van der Waals surface area contributed by atoms with Gasteiger partial charge in [0.05, 0.1) is 10.6 Å². The van der Waals surface area contributed by atoms with Crippen molar-refractivity contribution in [2.75, 3.05) is 5.32 Å². The molecular formula is C20H14F2N4OS. The Morgan fingerprint density at radius 3 is 2.54 bits per heavy atom. The van der Waals surface area contributed by atoms with Crippen LogP contribution in [0.25, 0.3) is 21.8 Å². The average Bonchev–Trinajstić information content (AvgIpc) is 3.32. The summed E-state index contributed by atoms with van der Waals surface area (Å²) in [4.78, 5) is 17.4. The highest BCUT2D eigenvalue weighted by Crippen LogP contribution is 2.28. The van der Waals surface area contributed by atoms with Crippen LogP contribution in [0.15, 0.2) is 60.1 Å². The number of nitrogens with zero attached hydrogens (tertiary/aromatic N) is 3. The number of nitrogens with one attached hydrogen (secondary N) is 1. The van der Waals surface area contributed by atoms with Crippen LogP contribution in [0.1, 0.15) is 10.4 Å². The zero-order valence-electron chi connectivity index (χ0n) is 14.7. The van der Waals surface area contributed by atoms with Gasteiger partial charge in [0, 0.05) is 18.8 Å². The molecular weight excluding hydrogens is 382 g/mol. The van der Waals surface area contributed by atoms with Gasteiger partial charge in [-0.15, -0.1) is 11.3 Å². The fourth-order valence-corrected chi connectivity index (χ4v) is 3.48. The van der Waals surface area contributed by atoms with Crippen LogP contribution in [0.5, 0.6) is 0 Å². The van der Waals surface area contributed by atoms with E-state index in [0.29, 0.717) is 0 Å². The maximum atomic E-state index is 13.7. The van der Waals surface area contributed by atoms with Crippen LogP contribution in [-0.4, -0.2) is 20.7 Å². The Hall–Kier alpha value is -3.39. The van der Waals surface area contributed by atoms with Gasteiger partial charge in [-0.3, -0.25) is 9.48 Å². The van der Waals surface area contributed by atoms with Gasteiger partial charge in [-0.25, -0.2) is 13.8 Å². The van der Waals surface area contributed by atoms with E-state index in [1.54, 1.807) is 34.3 Å². The molecule has 0 bridgehead atoms. The molecule has 0 spiro atoms. The number of amides is 1. The van der Waals surface area contributed by atoms with Crippen molar-refractivity contribution >= 4 is 23.1 Å². The topological polar surface area (TPSA) is 59.8 Å². The molecule has 5 nitrogen and oxygen atoms in total. The summed E-state index contributed by atoms with van der Waals surface area (Å²) in [6.07, 6.45) is 1.57. The third-order valence-electron chi connectivity index (χ3n) is 4.14. The van der Waals surface area contributed by atoms with Crippen molar-refractivity contribution < 1.29 is 13.6 Å². The molecule has 0 unspecified atom stereocenters. The molecule has 0 aliphatic heterocycles. The van der Waals surface area contributed by atoms with Crippen LogP contribution in [0, 0.1) is 11.6 Å². The quantitative estimate of drug-likeness (QED) is 0.542. The molecule has 4 rings (SSSR count). The van der Waals surface area contributed by atoms with Gasteiger partial charge in [0.1, 0.15) is 28.7 Å². The summed E-state index contributed by atoms with van der Waals surface area (Å²) < 4.78 is 29.2. The zero-order chi connectivity index (χ0) is 19.7. The predicted molar refractivity (Wildman–Crippen MR) is 104 cm³/mol. The molecule has 0 saturated carbocycles. The molecule has 4 aromatic rings. The summed E-state index contributed by atoms with van der Waals surface area (Å²) in [5.74, 6) is -2.55. The monoisotopic (exact) mass is 396 g/mol. The lowest BCUT2D eigenvalue weighted by Crippen LogP contribution is -2.16. The largest absolute Gasteiger partial charge is 0.306 e. The molecule has 1 aromatic carbocycles. The highest BCUT2D eigenvalue weighted by atomic mass is 32.1. The van der Waals surface area contributed by atoms with E-state index in [9.17, 15) is 13.6 Å². The van der Waals surface area contributed by atoms with Gasteiger partial charge in [-0.05, 0) is 41.8 Å². The van der Waals surface area contributed by atoms with Crippen molar-refractivity contribution in [2.24, 2.45) is 7.05 Å². The summed E-state index contributed by atoms with van der Waals surface area (Å²) in [5, 5.41) is 8.90. The molecule has 1 amide bonds. The molecule has 3 aromatic heterocycles. The Balaban J connectivity index is 1.56. The minimum Gasteiger partial charge on any atom is -0.306 e. The summed E-state index contributed by atoms with van der Waals surface area (Å²) in [7, 11) is 1.84. The molecule has 1 N–H and O–H groups in total. The molecule has 0 aliphatic rings. The molecule has 8 heteroatoms.